The van der Waals surface area contributed by atoms with Gasteiger partial charge in [-0.1, -0.05) is 60.5 Å². The largest absolute Gasteiger partial charge is 0.353 e. The Labute approximate surface area is 181 Å². The van der Waals surface area contributed by atoms with Gasteiger partial charge >= 0.3 is 0 Å². The zero-order chi connectivity index (χ0) is 20.7. The van der Waals surface area contributed by atoms with Crippen LogP contribution in [0, 0.1) is 0 Å². The van der Waals surface area contributed by atoms with Gasteiger partial charge in [0.2, 0.25) is 5.91 Å². The molecule has 3 rings (SSSR count). The third kappa shape index (κ3) is 5.34. The Hall–Kier alpha value is -1.98. The maximum absolute atomic E-state index is 13.0. The number of benzene rings is 2. The standard InChI is InChI=1S/C23H27ClN2O2S/c1-29-15-12-20(26-21(27)18-10-5-6-11-19(18)24)22(28)25-16-23(13-7-14-23)17-8-3-2-4-9-17/h2-6,8-11,20H,7,12-16H2,1H3,(H,25,28)(H,26,27). The molecule has 154 valence electrons. The van der Waals surface area contributed by atoms with Crippen LogP contribution in [-0.4, -0.2) is 36.4 Å². The molecule has 0 radical (unpaired) electrons. The summed E-state index contributed by atoms with van der Waals surface area (Å²) in [7, 11) is 0. The smallest absolute Gasteiger partial charge is 0.253 e. The van der Waals surface area contributed by atoms with Crippen LogP contribution >= 0.6 is 23.4 Å². The Morgan fingerprint density at radius 3 is 2.41 bits per heavy atom. The van der Waals surface area contributed by atoms with E-state index in [-0.39, 0.29) is 17.2 Å². The number of carbonyl (C=O) groups is 2. The molecule has 2 N–H and O–H groups in total. The summed E-state index contributed by atoms with van der Waals surface area (Å²) in [5.41, 5.74) is 1.66. The first-order chi connectivity index (χ1) is 14.1. The van der Waals surface area contributed by atoms with Gasteiger partial charge < -0.3 is 10.6 Å². The second kappa shape index (κ2) is 10.2. The van der Waals surface area contributed by atoms with Crippen molar-refractivity contribution in [1.29, 1.82) is 0 Å². The summed E-state index contributed by atoms with van der Waals surface area (Å²) >= 11 is 7.79. The van der Waals surface area contributed by atoms with Crippen molar-refractivity contribution in [3.05, 3.63) is 70.7 Å². The Morgan fingerprint density at radius 1 is 1.10 bits per heavy atom. The fraction of sp³-hybridized carbons (Fsp3) is 0.391. The van der Waals surface area contributed by atoms with Gasteiger partial charge in [-0.05, 0) is 49.0 Å². The molecule has 1 aliphatic carbocycles. The van der Waals surface area contributed by atoms with Crippen LogP contribution in [-0.2, 0) is 10.2 Å². The third-order valence-electron chi connectivity index (χ3n) is 5.65. The number of rotatable bonds is 9. The Balaban J connectivity index is 1.66. The summed E-state index contributed by atoms with van der Waals surface area (Å²) in [5.74, 6) is 0.324. The minimum absolute atomic E-state index is 0.00766. The zero-order valence-corrected chi connectivity index (χ0v) is 18.2. The number of thioether (sulfide) groups is 1. The average molecular weight is 431 g/mol. The van der Waals surface area contributed by atoms with E-state index in [0.29, 0.717) is 23.6 Å². The highest BCUT2D eigenvalue weighted by atomic mass is 35.5. The predicted octanol–water partition coefficient (Wildman–Crippen LogP) is 4.43. The molecule has 2 aromatic carbocycles. The van der Waals surface area contributed by atoms with Crippen LogP contribution < -0.4 is 10.6 Å². The number of amides is 2. The molecule has 1 atom stereocenters. The molecule has 2 amide bonds. The average Bonchev–Trinajstić information content (AvgIpc) is 2.71. The topological polar surface area (TPSA) is 58.2 Å². The van der Waals surface area contributed by atoms with Gasteiger partial charge in [0.25, 0.3) is 5.91 Å². The summed E-state index contributed by atoms with van der Waals surface area (Å²) in [4.78, 5) is 25.6. The summed E-state index contributed by atoms with van der Waals surface area (Å²) in [6.07, 6.45) is 5.87. The molecule has 0 aliphatic heterocycles. The van der Waals surface area contributed by atoms with Gasteiger partial charge in [0.05, 0.1) is 10.6 Å². The van der Waals surface area contributed by atoms with E-state index in [9.17, 15) is 9.59 Å². The van der Waals surface area contributed by atoms with Crippen molar-refractivity contribution in [1.82, 2.24) is 10.6 Å². The van der Waals surface area contributed by atoms with Gasteiger partial charge in [0, 0.05) is 12.0 Å². The van der Waals surface area contributed by atoms with Crippen LogP contribution in [0.3, 0.4) is 0 Å². The Bertz CT molecular complexity index is 840. The molecule has 0 aromatic heterocycles. The van der Waals surface area contributed by atoms with Crippen LogP contribution in [0.4, 0.5) is 0 Å². The minimum Gasteiger partial charge on any atom is -0.353 e. The van der Waals surface area contributed by atoms with Gasteiger partial charge in [-0.2, -0.15) is 11.8 Å². The summed E-state index contributed by atoms with van der Waals surface area (Å²) in [6, 6.07) is 16.7. The van der Waals surface area contributed by atoms with Gasteiger partial charge in [0.15, 0.2) is 0 Å². The second-order valence-electron chi connectivity index (χ2n) is 7.51. The Morgan fingerprint density at radius 2 is 1.79 bits per heavy atom. The van der Waals surface area contributed by atoms with Crippen molar-refractivity contribution in [2.45, 2.75) is 37.1 Å². The Kier molecular flexibility index (Phi) is 7.62. The first kappa shape index (κ1) is 21.7. The van der Waals surface area contributed by atoms with Crippen molar-refractivity contribution < 1.29 is 9.59 Å². The van der Waals surface area contributed by atoms with E-state index < -0.39 is 6.04 Å². The van der Waals surface area contributed by atoms with E-state index >= 15 is 0 Å². The molecule has 0 spiro atoms. The fourth-order valence-electron chi connectivity index (χ4n) is 3.73. The fourth-order valence-corrected chi connectivity index (χ4v) is 4.42. The van der Waals surface area contributed by atoms with E-state index in [0.717, 1.165) is 18.6 Å². The van der Waals surface area contributed by atoms with Crippen molar-refractivity contribution in [3.8, 4) is 0 Å². The summed E-state index contributed by atoms with van der Waals surface area (Å²) < 4.78 is 0. The first-order valence-corrected chi connectivity index (χ1v) is 11.7. The molecule has 0 heterocycles. The lowest BCUT2D eigenvalue weighted by Gasteiger charge is -2.43. The van der Waals surface area contributed by atoms with Gasteiger partial charge in [0.1, 0.15) is 6.04 Å². The zero-order valence-electron chi connectivity index (χ0n) is 16.6. The molecule has 0 bridgehead atoms. The number of nitrogens with one attached hydrogen (secondary N) is 2. The van der Waals surface area contributed by atoms with Crippen molar-refractivity contribution in [3.63, 3.8) is 0 Å². The van der Waals surface area contributed by atoms with Gasteiger partial charge in [-0.25, -0.2) is 0 Å². The number of carbonyl (C=O) groups excluding carboxylic acids is 2. The SMILES string of the molecule is CSCCC(NC(=O)c1ccccc1Cl)C(=O)NCC1(c2ccccc2)CCC1. The summed E-state index contributed by atoms with van der Waals surface area (Å²) in [6.45, 7) is 0.591. The molecular formula is C23H27ClN2O2S. The van der Waals surface area contributed by atoms with Crippen molar-refractivity contribution in [2.24, 2.45) is 0 Å². The van der Waals surface area contributed by atoms with Gasteiger partial charge in [-0.3, -0.25) is 9.59 Å². The highest BCUT2D eigenvalue weighted by molar-refractivity contribution is 7.98. The van der Waals surface area contributed by atoms with Crippen LogP contribution in [0.5, 0.6) is 0 Å². The van der Waals surface area contributed by atoms with Crippen LogP contribution in [0.25, 0.3) is 0 Å². The highest BCUT2D eigenvalue weighted by Gasteiger charge is 2.39. The molecule has 1 aliphatic rings. The highest BCUT2D eigenvalue weighted by Crippen LogP contribution is 2.43. The monoisotopic (exact) mass is 430 g/mol. The molecule has 6 heteroatoms. The quantitative estimate of drug-likeness (QED) is 0.618. The normalized spacial score (nSPS) is 15.8. The molecule has 1 saturated carbocycles. The first-order valence-electron chi connectivity index (χ1n) is 9.93. The molecule has 2 aromatic rings. The number of hydrogen-bond acceptors (Lipinski definition) is 3. The van der Waals surface area contributed by atoms with E-state index in [4.69, 9.17) is 11.6 Å². The summed E-state index contributed by atoms with van der Waals surface area (Å²) in [5, 5.41) is 6.36. The molecule has 0 saturated heterocycles. The van der Waals surface area contributed by atoms with Gasteiger partial charge in [-0.15, -0.1) is 0 Å². The van der Waals surface area contributed by atoms with Crippen LogP contribution in [0.1, 0.15) is 41.6 Å². The number of halogens is 1. The van der Waals surface area contributed by atoms with Crippen LogP contribution in [0.2, 0.25) is 5.02 Å². The molecular weight excluding hydrogens is 404 g/mol. The van der Waals surface area contributed by atoms with Crippen molar-refractivity contribution >= 4 is 35.2 Å². The van der Waals surface area contributed by atoms with E-state index in [1.165, 1.54) is 12.0 Å². The number of hydrogen-bond donors (Lipinski definition) is 2. The second-order valence-corrected chi connectivity index (χ2v) is 8.90. The molecule has 1 fully saturated rings. The molecule has 29 heavy (non-hydrogen) atoms. The van der Waals surface area contributed by atoms with E-state index in [2.05, 4.69) is 22.8 Å². The van der Waals surface area contributed by atoms with E-state index in [1.807, 2.05) is 24.5 Å². The minimum atomic E-state index is -0.584. The lowest BCUT2D eigenvalue weighted by atomic mass is 9.64. The maximum Gasteiger partial charge on any atom is 0.253 e. The van der Waals surface area contributed by atoms with E-state index in [1.54, 1.807) is 36.0 Å². The molecule has 1 unspecified atom stereocenters. The van der Waals surface area contributed by atoms with Crippen molar-refractivity contribution in [2.75, 3.05) is 18.6 Å². The van der Waals surface area contributed by atoms with Crippen LogP contribution in [0.15, 0.2) is 54.6 Å². The maximum atomic E-state index is 13.0. The predicted molar refractivity (Wildman–Crippen MR) is 121 cm³/mol. The molecule has 4 nitrogen and oxygen atoms in total. The lowest BCUT2D eigenvalue weighted by Crippen LogP contribution is -2.52. The third-order valence-corrected chi connectivity index (χ3v) is 6.62. The lowest BCUT2D eigenvalue weighted by molar-refractivity contribution is -0.123.